The number of rotatable bonds is 19. The lowest BCUT2D eigenvalue weighted by Crippen LogP contribution is -3.10. The highest BCUT2D eigenvalue weighted by Crippen LogP contribution is 2.54. The van der Waals surface area contributed by atoms with Crippen LogP contribution in [0.2, 0.25) is 0 Å². The fourth-order valence-corrected chi connectivity index (χ4v) is 21.7. The Bertz CT molecular complexity index is 4290. The Hall–Kier alpha value is -8.30. The molecule has 14 fully saturated rings. The van der Waals surface area contributed by atoms with Crippen LogP contribution in [0.3, 0.4) is 0 Å². The lowest BCUT2D eigenvalue weighted by atomic mass is 9.94. The predicted molar refractivity (Wildman–Crippen MR) is 511 cm³/mol. The van der Waals surface area contributed by atoms with Crippen molar-refractivity contribution in [2.45, 2.75) is 439 Å². The van der Waals surface area contributed by atoms with Gasteiger partial charge in [-0.25, -0.2) is 9.59 Å². The van der Waals surface area contributed by atoms with Crippen LogP contribution in [0, 0.1) is 127 Å². The number of methoxy groups -OCH3 is 2. The molecular formula is C102H163N9O31. The summed E-state index contributed by atoms with van der Waals surface area (Å²) in [4.78, 5) is 54.6. The Morgan fingerprint density at radius 2 is 0.697 bits per heavy atom. The molecule has 0 aromatic heterocycles. The Morgan fingerprint density at radius 3 is 0.930 bits per heavy atom. The molecule has 14 aliphatic rings. The quantitative estimate of drug-likeness (QED) is 0.0110. The molecule has 9 aliphatic heterocycles. The summed E-state index contributed by atoms with van der Waals surface area (Å²) in [6.45, 7) is 52.8. The molecule has 40 heteroatoms. The number of ether oxygens (including phenoxy) is 19. The molecule has 802 valence electrons. The van der Waals surface area contributed by atoms with E-state index in [9.17, 15) is 49.9 Å². The van der Waals surface area contributed by atoms with Gasteiger partial charge in [0.1, 0.15) is 59.9 Å². The number of hydroxylamine groups is 4. The van der Waals surface area contributed by atoms with E-state index in [0.29, 0.717) is 64.3 Å². The molecular weight excluding hydrogens is 1850 g/mol. The maximum Gasteiger partial charge on any atom is 0.519 e. The molecule has 29 atom stereocenters. The summed E-state index contributed by atoms with van der Waals surface area (Å²) >= 11 is 0. The van der Waals surface area contributed by atoms with Crippen molar-refractivity contribution in [3.8, 4) is 30.3 Å². The minimum absolute atomic E-state index is 0.00690. The van der Waals surface area contributed by atoms with E-state index in [1.807, 2.05) is 111 Å². The van der Waals surface area contributed by atoms with Crippen LogP contribution < -0.4 is 16.5 Å². The molecule has 5 aliphatic carbocycles. The molecule has 0 aromatic rings. The van der Waals surface area contributed by atoms with Gasteiger partial charge in [0.25, 0.3) is 0 Å². The lowest BCUT2D eigenvalue weighted by molar-refractivity contribution is -0.866. The van der Waals surface area contributed by atoms with Gasteiger partial charge >= 0.3 is 12.3 Å². The summed E-state index contributed by atoms with van der Waals surface area (Å²) in [5.74, 6) is -4.82. The van der Waals surface area contributed by atoms with Crippen LogP contribution in [0.25, 0.3) is 0 Å². The number of nitrogens with two attached hydrogens (primary N) is 2. The second-order valence-electron chi connectivity index (χ2n) is 43.2. The van der Waals surface area contributed by atoms with E-state index in [-0.39, 0.29) is 144 Å². The smallest absolute Gasteiger partial charge is 0.519 e. The molecule has 7 unspecified atom stereocenters. The third-order valence-corrected chi connectivity index (χ3v) is 27.5. The molecule has 0 bridgehead atoms. The van der Waals surface area contributed by atoms with Crippen LogP contribution >= 0.6 is 0 Å². The van der Waals surface area contributed by atoms with Gasteiger partial charge in [0.2, 0.25) is 11.8 Å². The highest BCUT2D eigenvalue weighted by atomic mass is 16.8. The molecule has 2 amide bonds. The van der Waals surface area contributed by atoms with Crippen molar-refractivity contribution < 1.29 is 150 Å². The number of nitrogens with one attached hydrogen (secondary N) is 1. The molecule has 9 heterocycles. The standard InChI is InChI=1S/C14H24N2O5.2C13H21NO4.3C13H19NO3.C10H18O5.C9H17NO3.C4H5NO/c1-6-9-11-12(21-14(2,3)20-11)10(16(9)17)8(7-15)13(18-4)19-5;2*1-4-7-5-8(9(6-15)12(14)16)11-10(7)17-13(2,3)18-11;3*1-4-8-5-10(9(6-14)7-15)12-11(8)16-13(2,3)17-12;1-9(2,3)14-7(11)13-8(12)15-10(4,5)6;1-4-6-8-7(5-10(6)11)12-9(2,3)13-8;1-4(6)2-3-5/h8-13,17H,6H2,1-5H3;2*6-8,10-11,15H,4-5H2,1-3H3,(H2,14,16);3*7-8,10-12,15H,4-5H2,1-3H3;1-6H3;6-8,10H,4-5H2,1-3H3;2H2,1H3/b;2*9-6-;3*9-7+;;;/t8?,9-,10?,11-,12+;2*7-,8?,10+,11-;2*8-,10?,11+,12-;8-,10-,11+,12-;;6-,7+,8-;/m100000.1./s1. The molecule has 0 radical (unpaired) electrons. The van der Waals surface area contributed by atoms with Gasteiger partial charge in [0, 0.05) is 43.8 Å². The second kappa shape index (κ2) is 51.4. The lowest BCUT2D eigenvalue weighted by Gasteiger charge is -2.33. The molecule has 142 heavy (non-hydrogen) atoms. The monoisotopic (exact) mass is 2010 g/mol. The van der Waals surface area contributed by atoms with Crippen LogP contribution in [-0.2, 0) is 104 Å². The van der Waals surface area contributed by atoms with Gasteiger partial charge in [0.05, 0.1) is 169 Å². The zero-order valence-corrected chi connectivity index (χ0v) is 88.8. The zero-order chi connectivity index (χ0) is 108. The second-order valence-corrected chi connectivity index (χ2v) is 43.2. The average Bonchev–Trinajstić information content (AvgIpc) is 1.57. The number of aliphatic hydroxyl groups excluding tert-OH is 5. The van der Waals surface area contributed by atoms with Crippen LogP contribution in [0.15, 0.2) is 59.2 Å². The number of hydrogen-bond acceptors (Lipinski definition) is 37. The normalized spacial score (nSPS) is 35.5. The van der Waals surface area contributed by atoms with E-state index in [2.05, 4.69) is 63.6 Å². The van der Waals surface area contributed by atoms with Crippen molar-refractivity contribution in [3.05, 3.63) is 64.4 Å². The molecule has 14 rings (SSSR count). The number of carbonyl (C=O) groups is 5. The Kier molecular flexibility index (Phi) is 44.3. The van der Waals surface area contributed by atoms with Crippen molar-refractivity contribution in [1.82, 2.24) is 5.06 Å². The number of primary amides is 2. The number of amides is 2. The van der Waals surface area contributed by atoms with E-state index in [1.54, 1.807) is 47.6 Å². The molecule has 0 aromatic carbocycles. The van der Waals surface area contributed by atoms with Gasteiger partial charge in [-0.2, -0.15) is 31.4 Å². The average molecular weight is 2010 g/mol. The molecule has 5 saturated carbocycles. The number of Topliss-reactive ketones (excluding diaryl/α,β-unsaturated/α-hetero) is 1. The number of carbonyl (C=O) groups excluding carboxylic acids is 5. The van der Waals surface area contributed by atoms with Crippen LogP contribution in [0.1, 0.15) is 277 Å². The van der Waals surface area contributed by atoms with Gasteiger partial charge < -0.3 is 142 Å². The minimum atomic E-state index is -1.06. The zero-order valence-electron chi connectivity index (χ0n) is 88.8. The largest absolute Gasteiger partial charge is 0.634 e. The number of ketones is 1. The van der Waals surface area contributed by atoms with Gasteiger partial charge in [-0.3, -0.25) is 14.4 Å². The maximum absolute atomic E-state index is 11.5. The SMILES string of the molecule is CC(=O)CC#N.CC(C)(C)OC(=O)OC(=O)OC(C)(C)C.CC[C@@H]1[C@H]2OC(C)(C)O[C@H]2C(C(C#N)C(OC)OC)N1O.CC[C@@H]1[C@H]2OC(C)(C)O[C@H]2C[NH+]1[O-].CC[C@H]1CC(/C(=C/O)C(N)=O)[C@@H]2OC(C)(C)O[C@H]12.CC[C@H]1CC(/C(=C/O)C(N)=O)[C@@H]2OC(C)(C)O[C@H]12.CC[C@H]1CC(/C(C#N)=C/O)[C@@H]2OC(C)(C)O[C@H]12.CC[C@H]1CC(/C(C#N)=C/O)[C@@H]2OC(C)(C)O[C@H]12.CC[C@H]1C[C@@H](/C(C#N)=C/O)[C@@H]2OC(C)(C)O[C@H]12. The number of nitrogens with zero attached hydrogens (tertiary/aromatic N) is 6. The van der Waals surface area contributed by atoms with Crippen molar-refractivity contribution in [3.63, 3.8) is 0 Å². The fourth-order valence-electron chi connectivity index (χ4n) is 21.7. The third kappa shape index (κ3) is 31.6. The fraction of sp³-hybridized carbons (Fsp3) is 0.804. The first-order valence-electron chi connectivity index (χ1n) is 49.5. The van der Waals surface area contributed by atoms with E-state index < -0.39 is 100 Å². The highest BCUT2D eigenvalue weighted by Gasteiger charge is 2.64. The maximum atomic E-state index is 11.5. The first-order chi connectivity index (χ1) is 66.0. The summed E-state index contributed by atoms with van der Waals surface area (Å²) < 4.78 is 106. The van der Waals surface area contributed by atoms with E-state index in [0.717, 1.165) is 102 Å². The number of aliphatic hydroxyl groups is 5. The summed E-state index contributed by atoms with van der Waals surface area (Å²) in [7, 11) is 2.94. The van der Waals surface area contributed by atoms with Crippen LogP contribution in [0.4, 0.5) is 9.59 Å². The first-order valence-corrected chi connectivity index (χ1v) is 49.5. The van der Waals surface area contributed by atoms with Gasteiger partial charge in [0.15, 0.2) is 46.8 Å². The Morgan fingerprint density at radius 1 is 0.423 bits per heavy atom. The summed E-state index contributed by atoms with van der Waals surface area (Å²) in [5.41, 5.74) is 10.9. The predicted octanol–water partition coefficient (Wildman–Crippen LogP) is 14.7. The van der Waals surface area contributed by atoms with E-state index in [4.69, 9.17) is 133 Å². The molecule has 40 nitrogen and oxygen atoms in total. The summed E-state index contributed by atoms with van der Waals surface area (Å²) in [6.07, 6.45) is 10.8. The van der Waals surface area contributed by atoms with Crippen LogP contribution in [0.5, 0.6) is 0 Å². The third-order valence-electron chi connectivity index (χ3n) is 27.5. The van der Waals surface area contributed by atoms with E-state index >= 15 is 0 Å². The van der Waals surface area contributed by atoms with Gasteiger partial charge in [-0.05, 0) is 220 Å². The molecule has 11 N–H and O–H groups in total. The van der Waals surface area contributed by atoms with Gasteiger partial charge in [-0.1, -0.05) is 80.6 Å². The molecule has 9 saturated heterocycles. The topological polar surface area (TPSA) is 584 Å². The van der Waals surface area contributed by atoms with E-state index in [1.165, 1.54) is 26.2 Å². The number of hydrogen-bond donors (Lipinski definition) is 9. The van der Waals surface area contributed by atoms with Crippen molar-refractivity contribution in [2.24, 2.45) is 76.6 Å². The number of quaternary nitrogens is 1. The van der Waals surface area contributed by atoms with Crippen molar-refractivity contribution >= 4 is 29.9 Å². The van der Waals surface area contributed by atoms with Crippen molar-refractivity contribution in [2.75, 3.05) is 20.8 Å². The van der Waals surface area contributed by atoms with Gasteiger partial charge in [-0.15, -0.1) is 0 Å². The Labute approximate surface area is 838 Å². The number of fused-ring (bicyclic) bond motifs is 7. The minimum Gasteiger partial charge on any atom is -0.634 e. The Balaban J connectivity index is 0.000000247. The summed E-state index contributed by atoms with van der Waals surface area (Å²) in [5, 5.41) is 114. The number of nitriles is 5. The summed E-state index contributed by atoms with van der Waals surface area (Å²) in [6, 6.07) is 9.34. The molecule has 0 spiro atoms. The first kappa shape index (κ1) is 122. The van der Waals surface area contributed by atoms with Crippen LogP contribution in [-0.4, -0.2) is 248 Å². The van der Waals surface area contributed by atoms with Crippen molar-refractivity contribution in [1.29, 1.82) is 26.3 Å². The highest BCUT2D eigenvalue weighted by molar-refractivity contribution is 5.93.